The Hall–Kier alpha value is -3.21. The number of hydrogen-bond donors (Lipinski definition) is 1. The molecule has 0 spiro atoms. The number of carbonyl (C=O) groups excluding carboxylic acids is 1. The van der Waals surface area contributed by atoms with E-state index in [-0.39, 0.29) is 11.9 Å². The van der Waals surface area contributed by atoms with Crippen molar-refractivity contribution in [3.05, 3.63) is 78.4 Å². The third kappa shape index (κ3) is 4.01. The summed E-state index contributed by atoms with van der Waals surface area (Å²) in [6.07, 6.45) is 5.06. The first-order chi connectivity index (χ1) is 12.2. The summed E-state index contributed by atoms with van der Waals surface area (Å²) in [5.74, 6) is 0.529. The second kappa shape index (κ2) is 7.57. The molecule has 1 heterocycles. The molecule has 0 saturated heterocycles. The standard InChI is InChI=1S/C20H19N3O2/c1-14(23-20(24)17-4-3-5-19(10-17)25-2)15-6-8-16(9-7-15)18-11-21-13-22-12-18/h3-14H,1-2H3,(H,23,24)/t14-/m1/s1. The number of amides is 1. The molecule has 5 nitrogen and oxygen atoms in total. The van der Waals surface area contributed by atoms with Crippen LogP contribution < -0.4 is 10.1 Å². The highest BCUT2D eigenvalue weighted by molar-refractivity contribution is 5.94. The number of nitrogens with one attached hydrogen (secondary N) is 1. The maximum absolute atomic E-state index is 12.4. The third-order valence-corrected chi connectivity index (χ3v) is 3.98. The Morgan fingerprint density at radius 1 is 1.04 bits per heavy atom. The van der Waals surface area contributed by atoms with E-state index in [0.717, 1.165) is 16.7 Å². The van der Waals surface area contributed by atoms with Gasteiger partial charge in [-0.25, -0.2) is 9.97 Å². The van der Waals surface area contributed by atoms with E-state index in [4.69, 9.17) is 4.74 Å². The van der Waals surface area contributed by atoms with Crippen LogP contribution in [0.15, 0.2) is 67.3 Å². The van der Waals surface area contributed by atoms with Crippen LogP contribution in [0.5, 0.6) is 5.75 Å². The van der Waals surface area contributed by atoms with Crippen molar-refractivity contribution in [3.63, 3.8) is 0 Å². The van der Waals surface area contributed by atoms with Crippen molar-refractivity contribution in [2.24, 2.45) is 0 Å². The summed E-state index contributed by atoms with van der Waals surface area (Å²) in [5.41, 5.74) is 3.60. The van der Waals surface area contributed by atoms with Crippen molar-refractivity contribution in [2.75, 3.05) is 7.11 Å². The van der Waals surface area contributed by atoms with E-state index < -0.39 is 0 Å². The van der Waals surface area contributed by atoms with Crippen LogP contribution in [0.25, 0.3) is 11.1 Å². The lowest BCUT2D eigenvalue weighted by Crippen LogP contribution is -2.26. The Balaban J connectivity index is 1.70. The normalized spacial score (nSPS) is 11.6. The first-order valence-electron chi connectivity index (χ1n) is 7.97. The summed E-state index contributed by atoms with van der Waals surface area (Å²) in [4.78, 5) is 20.5. The van der Waals surface area contributed by atoms with Crippen LogP contribution >= 0.6 is 0 Å². The molecule has 126 valence electrons. The molecule has 3 aromatic rings. The highest BCUT2D eigenvalue weighted by Gasteiger charge is 2.12. The Morgan fingerprint density at radius 3 is 2.44 bits per heavy atom. The second-order valence-electron chi connectivity index (χ2n) is 5.68. The maximum Gasteiger partial charge on any atom is 0.251 e. The van der Waals surface area contributed by atoms with Gasteiger partial charge >= 0.3 is 0 Å². The predicted molar refractivity (Wildman–Crippen MR) is 96.3 cm³/mol. The quantitative estimate of drug-likeness (QED) is 0.774. The molecule has 1 aromatic heterocycles. The molecule has 0 aliphatic rings. The smallest absolute Gasteiger partial charge is 0.251 e. The number of hydrogen-bond acceptors (Lipinski definition) is 4. The van der Waals surface area contributed by atoms with E-state index >= 15 is 0 Å². The van der Waals surface area contributed by atoms with Crippen molar-refractivity contribution in [1.29, 1.82) is 0 Å². The van der Waals surface area contributed by atoms with Crippen LogP contribution in [-0.2, 0) is 0 Å². The van der Waals surface area contributed by atoms with Crippen molar-refractivity contribution >= 4 is 5.91 Å². The zero-order valence-electron chi connectivity index (χ0n) is 14.1. The van der Waals surface area contributed by atoms with Gasteiger partial charge in [-0.2, -0.15) is 0 Å². The summed E-state index contributed by atoms with van der Waals surface area (Å²) in [6.45, 7) is 1.96. The van der Waals surface area contributed by atoms with E-state index in [1.54, 1.807) is 37.7 Å². The van der Waals surface area contributed by atoms with Gasteiger partial charge in [-0.3, -0.25) is 4.79 Å². The number of ether oxygens (including phenoxy) is 1. The molecule has 0 fully saturated rings. The first-order valence-corrected chi connectivity index (χ1v) is 7.97. The summed E-state index contributed by atoms with van der Waals surface area (Å²) in [7, 11) is 1.58. The molecular weight excluding hydrogens is 314 g/mol. The molecule has 5 heteroatoms. The van der Waals surface area contributed by atoms with E-state index in [2.05, 4.69) is 15.3 Å². The van der Waals surface area contributed by atoms with Crippen LogP contribution in [-0.4, -0.2) is 23.0 Å². The van der Waals surface area contributed by atoms with Crippen LogP contribution in [0.3, 0.4) is 0 Å². The van der Waals surface area contributed by atoms with Gasteiger partial charge in [0.15, 0.2) is 0 Å². The topological polar surface area (TPSA) is 64.1 Å². The summed E-state index contributed by atoms with van der Waals surface area (Å²) < 4.78 is 5.16. The van der Waals surface area contributed by atoms with Crippen LogP contribution in [0.1, 0.15) is 28.9 Å². The molecule has 1 amide bonds. The lowest BCUT2D eigenvalue weighted by Gasteiger charge is -2.15. The SMILES string of the molecule is COc1cccc(C(=O)N[C@H](C)c2ccc(-c3cncnc3)cc2)c1. The number of nitrogens with zero attached hydrogens (tertiary/aromatic N) is 2. The molecule has 0 saturated carbocycles. The molecule has 0 bridgehead atoms. The Kier molecular flexibility index (Phi) is 5.04. The minimum absolute atomic E-state index is 0.111. The van der Waals surface area contributed by atoms with E-state index in [0.29, 0.717) is 11.3 Å². The summed E-state index contributed by atoms with van der Waals surface area (Å²) in [5, 5.41) is 3.00. The van der Waals surface area contributed by atoms with Crippen molar-refractivity contribution in [2.45, 2.75) is 13.0 Å². The maximum atomic E-state index is 12.4. The summed E-state index contributed by atoms with van der Waals surface area (Å²) in [6, 6.07) is 15.0. The fraction of sp³-hybridized carbons (Fsp3) is 0.150. The van der Waals surface area contributed by atoms with Gasteiger partial charge in [-0.15, -0.1) is 0 Å². The molecular formula is C20H19N3O2. The molecule has 0 unspecified atom stereocenters. The van der Waals surface area contributed by atoms with E-state index in [1.807, 2.05) is 37.3 Å². The number of carbonyl (C=O) groups is 1. The highest BCUT2D eigenvalue weighted by atomic mass is 16.5. The van der Waals surface area contributed by atoms with Crippen molar-refractivity contribution < 1.29 is 9.53 Å². The van der Waals surface area contributed by atoms with Gasteiger partial charge in [0.05, 0.1) is 13.2 Å². The second-order valence-corrected chi connectivity index (χ2v) is 5.68. The van der Waals surface area contributed by atoms with E-state index in [1.165, 1.54) is 6.33 Å². The van der Waals surface area contributed by atoms with E-state index in [9.17, 15) is 4.79 Å². The average Bonchev–Trinajstić information content (AvgIpc) is 2.68. The number of methoxy groups -OCH3 is 1. The van der Waals surface area contributed by atoms with Crippen LogP contribution in [0.4, 0.5) is 0 Å². The molecule has 3 rings (SSSR count). The lowest BCUT2D eigenvalue weighted by atomic mass is 10.0. The Labute approximate surface area is 146 Å². The molecule has 0 radical (unpaired) electrons. The highest BCUT2D eigenvalue weighted by Crippen LogP contribution is 2.21. The largest absolute Gasteiger partial charge is 0.497 e. The lowest BCUT2D eigenvalue weighted by molar-refractivity contribution is 0.0939. The van der Waals surface area contributed by atoms with Gasteiger partial charge in [-0.05, 0) is 36.2 Å². The van der Waals surface area contributed by atoms with Gasteiger partial charge < -0.3 is 10.1 Å². The average molecular weight is 333 g/mol. The molecule has 1 N–H and O–H groups in total. The Bertz CT molecular complexity index is 848. The van der Waals surface area contributed by atoms with Crippen LogP contribution in [0, 0.1) is 0 Å². The van der Waals surface area contributed by atoms with Crippen molar-refractivity contribution in [1.82, 2.24) is 15.3 Å². The summed E-state index contributed by atoms with van der Waals surface area (Å²) >= 11 is 0. The van der Waals surface area contributed by atoms with Crippen LogP contribution in [0.2, 0.25) is 0 Å². The minimum atomic E-state index is -0.132. The minimum Gasteiger partial charge on any atom is -0.497 e. The van der Waals surface area contributed by atoms with Gasteiger partial charge in [0.2, 0.25) is 0 Å². The van der Waals surface area contributed by atoms with Crippen molar-refractivity contribution in [3.8, 4) is 16.9 Å². The molecule has 2 aromatic carbocycles. The zero-order valence-corrected chi connectivity index (χ0v) is 14.1. The number of rotatable bonds is 5. The third-order valence-electron chi connectivity index (χ3n) is 3.98. The molecule has 25 heavy (non-hydrogen) atoms. The van der Waals surface area contributed by atoms with Gasteiger partial charge in [0.25, 0.3) is 5.91 Å². The number of benzene rings is 2. The van der Waals surface area contributed by atoms with Gasteiger partial charge in [0, 0.05) is 23.5 Å². The number of aromatic nitrogens is 2. The predicted octanol–water partition coefficient (Wildman–Crippen LogP) is 3.64. The Morgan fingerprint density at radius 2 is 1.76 bits per heavy atom. The molecule has 0 aliphatic carbocycles. The zero-order chi connectivity index (χ0) is 17.6. The fourth-order valence-electron chi connectivity index (χ4n) is 2.54. The van der Waals surface area contributed by atoms with Gasteiger partial charge in [-0.1, -0.05) is 30.3 Å². The van der Waals surface area contributed by atoms with Gasteiger partial charge in [0.1, 0.15) is 12.1 Å². The molecule has 0 aliphatic heterocycles. The fourth-order valence-corrected chi connectivity index (χ4v) is 2.54. The monoisotopic (exact) mass is 333 g/mol. The molecule has 1 atom stereocenters. The first kappa shape index (κ1) is 16.6.